The largest absolute Gasteiger partial charge is 0.311 e. The van der Waals surface area contributed by atoms with Crippen LogP contribution in [0.4, 0.5) is 0 Å². The molecule has 2 atom stereocenters. The molecule has 0 aliphatic rings. The van der Waals surface area contributed by atoms with E-state index in [1.165, 1.54) is 11.1 Å². The number of nitrogens with one attached hydrogen (secondary N) is 1. The van der Waals surface area contributed by atoms with Crippen molar-refractivity contribution >= 4 is 0 Å². The van der Waals surface area contributed by atoms with Crippen LogP contribution in [0.15, 0.2) is 24.3 Å². The Labute approximate surface area is 100 Å². The Morgan fingerprint density at radius 3 is 2.38 bits per heavy atom. The summed E-state index contributed by atoms with van der Waals surface area (Å²) in [5.41, 5.74) is 2.88. The van der Waals surface area contributed by atoms with Gasteiger partial charge in [0, 0.05) is 12.1 Å². The van der Waals surface area contributed by atoms with E-state index < -0.39 is 0 Å². The van der Waals surface area contributed by atoms with Gasteiger partial charge in [-0.15, -0.1) is 0 Å². The minimum atomic E-state index is 0.520. The van der Waals surface area contributed by atoms with Gasteiger partial charge in [-0.05, 0) is 30.4 Å². The highest BCUT2D eigenvalue weighted by molar-refractivity contribution is 5.27. The molecule has 90 valence electrons. The van der Waals surface area contributed by atoms with E-state index in [2.05, 4.69) is 64.2 Å². The summed E-state index contributed by atoms with van der Waals surface area (Å²) in [6.07, 6.45) is 1.12. The number of benzene rings is 1. The molecule has 0 saturated carbocycles. The molecule has 1 heteroatoms. The van der Waals surface area contributed by atoms with Crippen LogP contribution in [0.5, 0.6) is 0 Å². The topological polar surface area (TPSA) is 12.0 Å². The minimum absolute atomic E-state index is 0.520. The number of hydrogen-bond acceptors (Lipinski definition) is 1. The Hall–Kier alpha value is -0.820. The van der Waals surface area contributed by atoms with Gasteiger partial charge in [0.25, 0.3) is 0 Å². The average molecular weight is 219 g/mol. The second kappa shape index (κ2) is 6.05. The van der Waals surface area contributed by atoms with Crippen molar-refractivity contribution in [3.8, 4) is 0 Å². The third-order valence-corrected chi connectivity index (χ3v) is 3.23. The number of hydrogen-bond donors (Lipinski definition) is 1. The van der Waals surface area contributed by atoms with E-state index in [-0.39, 0.29) is 0 Å². The van der Waals surface area contributed by atoms with E-state index in [4.69, 9.17) is 0 Å². The van der Waals surface area contributed by atoms with Gasteiger partial charge in [-0.3, -0.25) is 0 Å². The molecule has 1 nitrogen and oxygen atoms in total. The molecule has 0 aliphatic carbocycles. The highest BCUT2D eigenvalue weighted by Crippen LogP contribution is 2.20. The van der Waals surface area contributed by atoms with Crippen LogP contribution in [0.2, 0.25) is 0 Å². The van der Waals surface area contributed by atoms with Gasteiger partial charge in [-0.2, -0.15) is 0 Å². The summed E-state index contributed by atoms with van der Waals surface area (Å²) < 4.78 is 0. The molecule has 0 bridgehead atoms. The van der Waals surface area contributed by atoms with Gasteiger partial charge < -0.3 is 5.32 Å². The summed E-state index contributed by atoms with van der Waals surface area (Å²) in [4.78, 5) is 0. The standard InChI is InChI=1S/C15H25N/c1-6-14-8-7-9-15(10-14)12(4)13(5)16-11(2)3/h7-13,16H,6H2,1-5H3. The van der Waals surface area contributed by atoms with Crippen molar-refractivity contribution in [2.24, 2.45) is 0 Å². The van der Waals surface area contributed by atoms with E-state index in [1.54, 1.807) is 0 Å². The van der Waals surface area contributed by atoms with Gasteiger partial charge in [0.15, 0.2) is 0 Å². The summed E-state index contributed by atoms with van der Waals surface area (Å²) in [6, 6.07) is 10.0. The van der Waals surface area contributed by atoms with Crippen molar-refractivity contribution in [1.29, 1.82) is 0 Å². The maximum atomic E-state index is 3.58. The Balaban J connectivity index is 2.74. The summed E-state index contributed by atoms with van der Waals surface area (Å²) in [5.74, 6) is 0.564. The van der Waals surface area contributed by atoms with Gasteiger partial charge in [-0.25, -0.2) is 0 Å². The van der Waals surface area contributed by atoms with Crippen molar-refractivity contribution < 1.29 is 0 Å². The molecule has 0 heterocycles. The maximum absolute atomic E-state index is 3.58. The lowest BCUT2D eigenvalue weighted by Gasteiger charge is -2.24. The first-order valence-corrected chi connectivity index (χ1v) is 6.39. The predicted octanol–water partition coefficient (Wildman–Crippen LogP) is 3.74. The molecule has 1 aromatic carbocycles. The Morgan fingerprint density at radius 2 is 1.81 bits per heavy atom. The predicted molar refractivity (Wildman–Crippen MR) is 72.0 cm³/mol. The van der Waals surface area contributed by atoms with Crippen LogP contribution in [0.25, 0.3) is 0 Å². The zero-order valence-corrected chi connectivity index (χ0v) is 11.2. The van der Waals surface area contributed by atoms with Crippen molar-refractivity contribution in [2.75, 3.05) is 0 Å². The smallest absolute Gasteiger partial charge is 0.0107 e. The Morgan fingerprint density at radius 1 is 1.12 bits per heavy atom. The van der Waals surface area contributed by atoms with Crippen molar-refractivity contribution in [2.45, 2.75) is 59.0 Å². The first-order chi connectivity index (χ1) is 7.54. The molecule has 0 aliphatic heterocycles. The third kappa shape index (κ3) is 3.64. The van der Waals surface area contributed by atoms with Gasteiger partial charge in [-0.1, -0.05) is 52.0 Å². The summed E-state index contributed by atoms with van der Waals surface area (Å²) >= 11 is 0. The summed E-state index contributed by atoms with van der Waals surface area (Å²) in [5, 5.41) is 3.58. The van der Waals surface area contributed by atoms with E-state index in [1.807, 2.05) is 0 Å². The van der Waals surface area contributed by atoms with Crippen LogP contribution in [-0.2, 0) is 6.42 Å². The second-order valence-electron chi connectivity index (χ2n) is 5.00. The van der Waals surface area contributed by atoms with Crippen molar-refractivity contribution in [3.05, 3.63) is 35.4 Å². The van der Waals surface area contributed by atoms with E-state index in [0.29, 0.717) is 18.0 Å². The molecule has 0 amide bonds. The summed E-state index contributed by atoms with van der Waals surface area (Å²) in [6.45, 7) is 11.2. The lowest BCUT2D eigenvalue weighted by atomic mass is 9.92. The van der Waals surface area contributed by atoms with E-state index >= 15 is 0 Å². The lowest BCUT2D eigenvalue weighted by molar-refractivity contribution is 0.439. The maximum Gasteiger partial charge on any atom is 0.0107 e. The van der Waals surface area contributed by atoms with Crippen LogP contribution in [0, 0.1) is 0 Å². The van der Waals surface area contributed by atoms with Crippen LogP contribution in [0.3, 0.4) is 0 Å². The molecular formula is C15H25N. The Bertz CT molecular complexity index is 317. The number of aryl methyl sites for hydroxylation is 1. The quantitative estimate of drug-likeness (QED) is 0.795. The zero-order chi connectivity index (χ0) is 12.1. The average Bonchev–Trinajstić information content (AvgIpc) is 2.27. The van der Waals surface area contributed by atoms with Gasteiger partial charge >= 0.3 is 0 Å². The molecular weight excluding hydrogens is 194 g/mol. The molecule has 0 aromatic heterocycles. The molecule has 2 unspecified atom stereocenters. The Kier molecular flexibility index (Phi) is 5.01. The third-order valence-electron chi connectivity index (χ3n) is 3.23. The lowest BCUT2D eigenvalue weighted by Crippen LogP contribution is -2.36. The first-order valence-electron chi connectivity index (χ1n) is 6.39. The highest BCUT2D eigenvalue weighted by atomic mass is 14.9. The number of rotatable bonds is 5. The van der Waals surface area contributed by atoms with Gasteiger partial charge in [0.2, 0.25) is 0 Å². The normalized spacial score (nSPS) is 15.1. The highest BCUT2D eigenvalue weighted by Gasteiger charge is 2.14. The van der Waals surface area contributed by atoms with Crippen molar-refractivity contribution in [1.82, 2.24) is 5.32 Å². The van der Waals surface area contributed by atoms with Crippen molar-refractivity contribution in [3.63, 3.8) is 0 Å². The van der Waals surface area contributed by atoms with Crippen LogP contribution >= 0.6 is 0 Å². The molecule has 1 aromatic rings. The van der Waals surface area contributed by atoms with Gasteiger partial charge in [0.1, 0.15) is 0 Å². The van der Waals surface area contributed by atoms with Gasteiger partial charge in [0.05, 0.1) is 0 Å². The second-order valence-corrected chi connectivity index (χ2v) is 5.00. The molecule has 1 N–H and O–H groups in total. The van der Waals surface area contributed by atoms with Crippen LogP contribution in [0.1, 0.15) is 51.7 Å². The molecule has 1 rings (SSSR count). The molecule has 0 saturated heterocycles. The fraction of sp³-hybridized carbons (Fsp3) is 0.600. The SMILES string of the molecule is CCc1cccc(C(C)C(C)NC(C)C)c1. The molecule has 0 fully saturated rings. The minimum Gasteiger partial charge on any atom is -0.311 e. The van der Waals surface area contributed by atoms with E-state index in [9.17, 15) is 0 Å². The van der Waals surface area contributed by atoms with Crippen LogP contribution in [-0.4, -0.2) is 12.1 Å². The molecule has 0 radical (unpaired) electrons. The van der Waals surface area contributed by atoms with Crippen LogP contribution < -0.4 is 5.32 Å². The zero-order valence-electron chi connectivity index (χ0n) is 11.2. The van der Waals surface area contributed by atoms with E-state index in [0.717, 1.165) is 6.42 Å². The molecule has 0 spiro atoms. The first kappa shape index (κ1) is 13.2. The fourth-order valence-corrected chi connectivity index (χ4v) is 2.06. The molecule has 16 heavy (non-hydrogen) atoms. The summed E-state index contributed by atoms with van der Waals surface area (Å²) in [7, 11) is 0. The monoisotopic (exact) mass is 219 g/mol. The fourth-order valence-electron chi connectivity index (χ4n) is 2.06.